The van der Waals surface area contributed by atoms with Gasteiger partial charge in [-0.25, -0.2) is 4.98 Å². The van der Waals surface area contributed by atoms with Gasteiger partial charge in [0, 0.05) is 16.0 Å². The number of thiophene rings is 1. The van der Waals surface area contributed by atoms with Gasteiger partial charge in [-0.2, -0.15) is 9.78 Å². The molecule has 3 heterocycles. The minimum absolute atomic E-state index is 0.227. The quantitative estimate of drug-likeness (QED) is 0.457. The third kappa shape index (κ3) is 3.39. The summed E-state index contributed by atoms with van der Waals surface area (Å²) < 4.78 is 12.3. The van der Waals surface area contributed by atoms with E-state index in [2.05, 4.69) is 10.1 Å². The molecule has 0 unspecified atom stereocenters. The van der Waals surface area contributed by atoms with Crippen LogP contribution in [0.4, 0.5) is 0 Å². The Labute approximate surface area is 174 Å². The summed E-state index contributed by atoms with van der Waals surface area (Å²) in [6, 6.07) is 12.9. The third-order valence-electron chi connectivity index (χ3n) is 4.53. The van der Waals surface area contributed by atoms with Gasteiger partial charge in [-0.15, -0.1) is 11.3 Å². The molecule has 1 aliphatic rings. The van der Waals surface area contributed by atoms with E-state index in [4.69, 9.17) is 21.1 Å². The summed E-state index contributed by atoms with van der Waals surface area (Å²) in [5, 5.41) is 7.42. The van der Waals surface area contributed by atoms with E-state index < -0.39 is 0 Å². The highest BCUT2D eigenvalue weighted by Gasteiger charge is 2.14. The van der Waals surface area contributed by atoms with E-state index in [1.807, 2.05) is 35.7 Å². The lowest BCUT2D eigenvalue weighted by molar-refractivity contribution is 0.171. The second-order valence-corrected chi connectivity index (χ2v) is 7.67. The lowest BCUT2D eigenvalue weighted by atomic mass is 10.1. The largest absolute Gasteiger partial charge is 0.486 e. The molecule has 0 spiro atoms. The van der Waals surface area contributed by atoms with Crippen molar-refractivity contribution in [3.05, 3.63) is 75.1 Å². The predicted molar refractivity (Wildman–Crippen MR) is 115 cm³/mol. The van der Waals surface area contributed by atoms with Crippen molar-refractivity contribution in [2.45, 2.75) is 0 Å². The fourth-order valence-corrected chi connectivity index (χ4v) is 4.15. The molecule has 29 heavy (non-hydrogen) atoms. The van der Waals surface area contributed by atoms with Gasteiger partial charge in [0.2, 0.25) is 0 Å². The lowest BCUT2D eigenvalue weighted by Gasteiger charge is -2.18. The number of fused-ring (bicyclic) bond motifs is 2. The second kappa shape index (κ2) is 7.35. The Kier molecular flexibility index (Phi) is 4.54. The normalized spacial score (nSPS) is 13.3. The van der Waals surface area contributed by atoms with Crippen LogP contribution in [0.25, 0.3) is 21.3 Å². The first kappa shape index (κ1) is 17.9. The molecule has 0 bridgehead atoms. The van der Waals surface area contributed by atoms with E-state index in [0.717, 1.165) is 16.7 Å². The summed E-state index contributed by atoms with van der Waals surface area (Å²) in [6.45, 7) is 1.05. The first-order valence-corrected chi connectivity index (χ1v) is 10.1. The Morgan fingerprint density at radius 2 is 1.90 bits per heavy atom. The van der Waals surface area contributed by atoms with Gasteiger partial charge in [0.05, 0.1) is 11.6 Å². The van der Waals surface area contributed by atoms with Crippen LogP contribution in [0, 0.1) is 0 Å². The zero-order chi connectivity index (χ0) is 19.8. The first-order valence-electron chi connectivity index (χ1n) is 8.88. The van der Waals surface area contributed by atoms with Crippen LogP contribution in [0.2, 0.25) is 5.02 Å². The van der Waals surface area contributed by atoms with Gasteiger partial charge in [0.1, 0.15) is 24.4 Å². The number of aromatic nitrogens is 2. The molecule has 2 aromatic carbocycles. The molecule has 6 nitrogen and oxygen atoms in total. The predicted octanol–water partition coefficient (Wildman–Crippen LogP) is 4.43. The molecule has 0 aliphatic carbocycles. The van der Waals surface area contributed by atoms with Crippen molar-refractivity contribution in [2.24, 2.45) is 5.10 Å². The maximum Gasteiger partial charge on any atom is 0.283 e. The van der Waals surface area contributed by atoms with E-state index in [0.29, 0.717) is 40.0 Å². The van der Waals surface area contributed by atoms with Crippen molar-refractivity contribution < 1.29 is 9.47 Å². The van der Waals surface area contributed by atoms with Crippen LogP contribution in [0.1, 0.15) is 5.56 Å². The molecule has 0 saturated carbocycles. The van der Waals surface area contributed by atoms with E-state index in [1.165, 1.54) is 22.3 Å². The van der Waals surface area contributed by atoms with Crippen molar-refractivity contribution >= 4 is 39.4 Å². The molecule has 0 saturated heterocycles. The first-order chi connectivity index (χ1) is 14.2. The second-order valence-electron chi connectivity index (χ2n) is 6.38. The molecule has 5 rings (SSSR count). The molecule has 2 aromatic heterocycles. The molecule has 0 N–H and O–H groups in total. The molecule has 0 radical (unpaired) electrons. The average molecular weight is 424 g/mol. The maximum atomic E-state index is 13.0. The van der Waals surface area contributed by atoms with Gasteiger partial charge in [0.25, 0.3) is 5.56 Å². The van der Waals surface area contributed by atoms with Crippen molar-refractivity contribution in [1.29, 1.82) is 0 Å². The molecule has 0 atom stereocenters. The highest BCUT2D eigenvalue weighted by Crippen LogP contribution is 2.32. The SMILES string of the molecule is O=c1c2c(-c3ccc(Cl)cc3)csc2ncn1/N=C/c1ccc2c(c1)OCCO2. The molecule has 1 aliphatic heterocycles. The lowest BCUT2D eigenvalue weighted by Crippen LogP contribution is -2.17. The maximum absolute atomic E-state index is 13.0. The van der Waals surface area contributed by atoms with Crippen LogP contribution in [-0.4, -0.2) is 29.1 Å². The standard InChI is InChI=1S/C21H14ClN3O3S/c22-15-4-2-14(3-5-15)16-11-29-20-19(16)21(26)25(12-23-20)24-10-13-1-6-17-18(9-13)28-8-7-27-17/h1-6,9-12H,7-8H2/b24-10+. The number of nitrogens with zero attached hydrogens (tertiary/aromatic N) is 3. The number of benzene rings is 2. The zero-order valence-corrected chi connectivity index (χ0v) is 16.6. The molecule has 144 valence electrons. The molecule has 0 amide bonds. The Hall–Kier alpha value is -3.16. The monoisotopic (exact) mass is 423 g/mol. The highest BCUT2D eigenvalue weighted by molar-refractivity contribution is 7.17. The van der Waals surface area contributed by atoms with Crippen molar-refractivity contribution in [2.75, 3.05) is 13.2 Å². The fourth-order valence-electron chi connectivity index (χ4n) is 3.12. The number of hydrogen-bond donors (Lipinski definition) is 0. The van der Waals surface area contributed by atoms with Gasteiger partial charge < -0.3 is 9.47 Å². The average Bonchev–Trinajstić information content (AvgIpc) is 3.19. The van der Waals surface area contributed by atoms with Gasteiger partial charge in [0.15, 0.2) is 11.5 Å². The molecular weight excluding hydrogens is 410 g/mol. The van der Waals surface area contributed by atoms with Crippen molar-refractivity contribution in [3.63, 3.8) is 0 Å². The number of halogens is 1. The summed E-state index contributed by atoms with van der Waals surface area (Å²) in [7, 11) is 0. The third-order valence-corrected chi connectivity index (χ3v) is 5.67. The fraction of sp³-hybridized carbons (Fsp3) is 0.0952. The highest BCUT2D eigenvalue weighted by atomic mass is 35.5. The van der Waals surface area contributed by atoms with Crippen LogP contribution in [0.3, 0.4) is 0 Å². The number of hydrogen-bond acceptors (Lipinski definition) is 6. The Morgan fingerprint density at radius 1 is 1.10 bits per heavy atom. The minimum Gasteiger partial charge on any atom is -0.486 e. The van der Waals surface area contributed by atoms with Crippen LogP contribution in [0.5, 0.6) is 11.5 Å². The van der Waals surface area contributed by atoms with Crippen LogP contribution in [-0.2, 0) is 0 Å². The Bertz CT molecular complexity index is 1300. The zero-order valence-electron chi connectivity index (χ0n) is 15.0. The molecule has 4 aromatic rings. The smallest absolute Gasteiger partial charge is 0.283 e. The van der Waals surface area contributed by atoms with E-state index >= 15 is 0 Å². The van der Waals surface area contributed by atoms with Gasteiger partial charge in [-0.1, -0.05) is 23.7 Å². The minimum atomic E-state index is -0.227. The van der Waals surface area contributed by atoms with E-state index in [1.54, 1.807) is 18.3 Å². The number of ether oxygens (including phenoxy) is 2. The van der Waals surface area contributed by atoms with Gasteiger partial charge in [-0.05, 0) is 41.5 Å². The summed E-state index contributed by atoms with van der Waals surface area (Å²) in [6.07, 6.45) is 3.03. The van der Waals surface area contributed by atoms with E-state index in [-0.39, 0.29) is 5.56 Å². The summed E-state index contributed by atoms with van der Waals surface area (Å²) in [5.41, 5.74) is 2.30. The van der Waals surface area contributed by atoms with Crippen LogP contribution in [0.15, 0.2) is 64.1 Å². The van der Waals surface area contributed by atoms with E-state index in [9.17, 15) is 4.79 Å². The molecular formula is C21H14ClN3O3S. The topological polar surface area (TPSA) is 65.7 Å². The molecule has 8 heteroatoms. The van der Waals surface area contributed by atoms with Crippen molar-refractivity contribution in [1.82, 2.24) is 9.66 Å². The van der Waals surface area contributed by atoms with Gasteiger partial charge in [-0.3, -0.25) is 4.79 Å². The number of rotatable bonds is 3. The van der Waals surface area contributed by atoms with Gasteiger partial charge >= 0.3 is 0 Å². The summed E-state index contributed by atoms with van der Waals surface area (Å²) >= 11 is 7.41. The summed E-state index contributed by atoms with van der Waals surface area (Å²) in [4.78, 5) is 18.1. The Morgan fingerprint density at radius 3 is 2.72 bits per heavy atom. The summed E-state index contributed by atoms with van der Waals surface area (Å²) in [5.74, 6) is 1.38. The van der Waals surface area contributed by atoms with Crippen LogP contribution >= 0.6 is 22.9 Å². The van der Waals surface area contributed by atoms with Crippen molar-refractivity contribution in [3.8, 4) is 22.6 Å². The Balaban J connectivity index is 1.53. The molecule has 0 fully saturated rings. The van der Waals surface area contributed by atoms with Crippen LogP contribution < -0.4 is 15.0 Å².